The first-order valence-corrected chi connectivity index (χ1v) is 8.11. The summed E-state index contributed by atoms with van der Waals surface area (Å²) in [4.78, 5) is 5.59. The van der Waals surface area contributed by atoms with E-state index in [1.807, 2.05) is 42.5 Å². The molecule has 0 aliphatic carbocycles. The van der Waals surface area contributed by atoms with E-state index in [4.69, 9.17) is 27.9 Å². The van der Waals surface area contributed by atoms with Gasteiger partial charge in [-0.05, 0) is 30.3 Å². The Hall–Kier alpha value is -1.68. The van der Waals surface area contributed by atoms with E-state index in [0.717, 1.165) is 9.92 Å². The molecule has 22 heavy (non-hydrogen) atoms. The van der Waals surface area contributed by atoms with E-state index >= 15 is 0 Å². The number of benzene rings is 2. The Morgan fingerprint density at radius 1 is 0.818 bits per heavy atom. The van der Waals surface area contributed by atoms with Gasteiger partial charge in [-0.1, -0.05) is 65.3 Å². The Morgan fingerprint density at radius 2 is 1.59 bits per heavy atom. The van der Waals surface area contributed by atoms with Crippen LogP contribution in [0.15, 0.2) is 76.7 Å². The molecule has 0 N–H and O–H groups in total. The molecule has 0 saturated heterocycles. The first-order valence-electron chi connectivity index (χ1n) is 6.54. The van der Waals surface area contributed by atoms with Gasteiger partial charge in [-0.25, -0.2) is 4.98 Å². The van der Waals surface area contributed by atoms with Gasteiger partial charge >= 0.3 is 0 Å². The average molecular weight is 348 g/mol. The van der Waals surface area contributed by atoms with Gasteiger partial charge in [-0.3, -0.25) is 0 Å². The first-order chi connectivity index (χ1) is 10.7. The van der Waals surface area contributed by atoms with Crippen molar-refractivity contribution in [3.05, 3.63) is 76.8 Å². The summed E-state index contributed by atoms with van der Waals surface area (Å²) >= 11 is 13.7. The maximum atomic E-state index is 6.12. The Bertz CT molecular complexity index is 781. The third-order valence-electron chi connectivity index (χ3n) is 2.79. The molecular formula is C17H11Cl2NOS. The maximum Gasteiger partial charge on any atom is 0.220 e. The van der Waals surface area contributed by atoms with Crippen molar-refractivity contribution in [3.63, 3.8) is 0 Å². The van der Waals surface area contributed by atoms with Crippen molar-refractivity contribution in [2.75, 3.05) is 0 Å². The number of pyridine rings is 1. The van der Waals surface area contributed by atoms with Crippen molar-refractivity contribution in [1.82, 2.24) is 4.98 Å². The van der Waals surface area contributed by atoms with Crippen LogP contribution in [-0.4, -0.2) is 4.98 Å². The average Bonchev–Trinajstić information content (AvgIpc) is 2.53. The minimum Gasteiger partial charge on any atom is -0.437 e. The van der Waals surface area contributed by atoms with Crippen LogP contribution in [0.4, 0.5) is 0 Å². The highest BCUT2D eigenvalue weighted by atomic mass is 35.5. The van der Waals surface area contributed by atoms with Gasteiger partial charge in [0.05, 0.1) is 5.02 Å². The third kappa shape index (κ3) is 3.74. The Morgan fingerprint density at radius 3 is 2.41 bits per heavy atom. The minimum atomic E-state index is 0.382. The zero-order valence-electron chi connectivity index (χ0n) is 11.4. The van der Waals surface area contributed by atoms with E-state index in [9.17, 15) is 0 Å². The zero-order chi connectivity index (χ0) is 15.4. The molecule has 0 amide bonds. The molecule has 2 nitrogen and oxygen atoms in total. The number of halogens is 2. The lowest BCUT2D eigenvalue weighted by Gasteiger charge is -2.08. The largest absolute Gasteiger partial charge is 0.437 e. The lowest BCUT2D eigenvalue weighted by atomic mass is 10.3. The van der Waals surface area contributed by atoms with Crippen molar-refractivity contribution in [2.24, 2.45) is 0 Å². The molecule has 0 atom stereocenters. The molecule has 0 unspecified atom stereocenters. The van der Waals surface area contributed by atoms with Crippen LogP contribution in [0.5, 0.6) is 11.6 Å². The molecule has 2 aromatic carbocycles. The molecule has 3 rings (SSSR count). The molecule has 0 radical (unpaired) electrons. The number of hydrogen-bond acceptors (Lipinski definition) is 3. The van der Waals surface area contributed by atoms with Gasteiger partial charge < -0.3 is 4.74 Å². The quantitative estimate of drug-likeness (QED) is 0.550. The fraction of sp³-hybridized carbons (Fsp3) is 0. The summed E-state index contributed by atoms with van der Waals surface area (Å²) in [6.45, 7) is 0. The van der Waals surface area contributed by atoms with Gasteiger partial charge in [-0.15, -0.1) is 0 Å². The molecule has 5 heteroatoms. The van der Waals surface area contributed by atoms with E-state index < -0.39 is 0 Å². The summed E-state index contributed by atoms with van der Waals surface area (Å²) in [5, 5.41) is 1.68. The van der Waals surface area contributed by atoms with Crippen molar-refractivity contribution >= 4 is 35.0 Å². The van der Waals surface area contributed by atoms with Gasteiger partial charge in [0.25, 0.3) is 0 Å². The number of rotatable bonds is 4. The van der Waals surface area contributed by atoms with Crippen LogP contribution >= 0.6 is 35.0 Å². The van der Waals surface area contributed by atoms with Crippen molar-refractivity contribution < 1.29 is 4.74 Å². The number of nitrogens with zero attached hydrogens (tertiary/aromatic N) is 1. The van der Waals surface area contributed by atoms with Gasteiger partial charge in [0, 0.05) is 11.0 Å². The van der Waals surface area contributed by atoms with Crippen LogP contribution in [0.3, 0.4) is 0 Å². The predicted octanol–water partition coefficient (Wildman–Crippen LogP) is 6.33. The molecule has 3 aromatic rings. The summed E-state index contributed by atoms with van der Waals surface area (Å²) in [5.41, 5.74) is 0. The van der Waals surface area contributed by atoms with Crippen LogP contribution in [0.2, 0.25) is 10.0 Å². The number of hydrogen-bond donors (Lipinski definition) is 0. The smallest absolute Gasteiger partial charge is 0.220 e. The zero-order valence-corrected chi connectivity index (χ0v) is 13.7. The normalized spacial score (nSPS) is 10.5. The predicted molar refractivity (Wildman–Crippen MR) is 91.3 cm³/mol. The van der Waals surface area contributed by atoms with Crippen LogP contribution in [-0.2, 0) is 0 Å². The number of ether oxygens (including phenoxy) is 1. The second-order valence-corrected chi connectivity index (χ2v) is 6.26. The van der Waals surface area contributed by atoms with Gasteiger partial charge in [0.1, 0.15) is 15.8 Å². The van der Waals surface area contributed by atoms with E-state index in [1.165, 1.54) is 0 Å². The van der Waals surface area contributed by atoms with Gasteiger partial charge in [0.15, 0.2) is 0 Å². The highest BCUT2D eigenvalue weighted by molar-refractivity contribution is 7.99. The van der Waals surface area contributed by atoms with Crippen molar-refractivity contribution in [3.8, 4) is 11.6 Å². The van der Waals surface area contributed by atoms with Crippen LogP contribution in [0.25, 0.3) is 0 Å². The van der Waals surface area contributed by atoms with Gasteiger partial charge in [0.2, 0.25) is 5.88 Å². The molecule has 110 valence electrons. The lowest BCUT2D eigenvalue weighted by molar-refractivity contribution is 0.459. The molecule has 0 spiro atoms. The molecule has 0 bridgehead atoms. The van der Waals surface area contributed by atoms with E-state index in [1.54, 1.807) is 36.0 Å². The Kier molecular flexibility index (Phi) is 4.88. The van der Waals surface area contributed by atoms with E-state index in [-0.39, 0.29) is 0 Å². The summed E-state index contributed by atoms with van der Waals surface area (Å²) in [5.74, 6) is 0.966. The van der Waals surface area contributed by atoms with E-state index in [2.05, 4.69) is 4.98 Å². The fourth-order valence-electron chi connectivity index (χ4n) is 1.79. The summed E-state index contributed by atoms with van der Waals surface area (Å²) in [7, 11) is 0. The van der Waals surface area contributed by atoms with Crippen molar-refractivity contribution in [2.45, 2.75) is 9.92 Å². The first kappa shape index (κ1) is 15.2. The second kappa shape index (κ2) is 7.05. The van der Waals surface area contributed by atoms with Crippen LogP contribution in [0, 0.1) is 0 Å². The monoisotopic (exact) mass is 347 g/mol. The third-order valence-corrected chi connectivity index (χ3v) is 4.54. The molecule has 0 aliphatic heterocycles. The topological polar surface area (TPSA) is 22.1 Å². The molecule has 0 aliphatic rings. The van der Waals surface area contributed by atoms with Crippen molar-refractivity contribution in [1.29, 1.82) is 0 Å². The second-order valence-electron chi connectivity index (χ2n) is 4.38. The SMILES string of the molecule is Clc1cccc(Oc2cccc(Sc3ccccc3)n2)c1Cl. The van der Waals surface area contributed by atoms with Crippen LogP contribution < -0.4 is 4.74 Å². The maximum absolute atomic E-state index is 6.12. The summed E-state index contributed by atoms with van der Waals surface area (Å²) in [6, 6.07) is 20.9. The highest BCUT2D eigenvalue weighted by Crippen LogP contribution is 2.35. The molecule has 0 saturated carbocycles. The summed E-state index contributed by atoms with van der Waals surface area (Å²) < 4.78 is 5.73. The molecule has 1 heterocycles. The van der Waals surface area contributed by atoms with Gasteiger partial charge in [-0.2, -0.15) is 0 Å². The molecule has 1 aromatic heterocycles. The Balaban J connectivity index is 1.81. The molecule has 0 fully saturated rings. The van der Waals surface area contributed by atoms with E-state index in [0.29, 0.717) is 21.7 Å². The Labute approximate surface area is 143 Å². The van der Waals surface area contributed by atoms with Crippen LogP contribution in [0.1, 0.15) is 0 Å². The molecular weight excluding hydrogens is 337 g/mol. The standard InChI is InChI=1S/C17H11Cl2NOS/c18-13-8-4-9-14(17(13)19)21-15-10-5-11-16(20-15)22-12-6-2-1-3-7-12/h1-11H. The number of aromatic nitrogens is 1. The minimum absolute atomic E-state index is 0.382. The summed E-state index contributed by atoms with van der Waals surface area (Å²) in [6.07, 6.45) is 0. The lowest BCUT2D eigenvalue weighted by Crippen LogP contribution is -1.90. The fourth-order valence-corrected chi connectivity index (χ4v) is 2.94. The highest BCUT2D eigenvalue weighted by Gasteiger charge is 2.08.